The van der Waals surface area contributed by atoms with Crippen molar-refractivity contribution in [3.8, 4) is 0 Å². The van der Waals surface area contributed by atoms with E-state index >= 15 is 0 Å². The van der Waals surface area contributed by atoms with Gasteiger partial charge in [0, 0.05) is 15.9 Å². The molecule has 0 aliphatic heterocycles. The van der Waals surface area contributed by atoms with Crippen molar-refractivity contribution in [1.29, 1.82) is 0 Å². The molecule has 1 aromatic carbocycles. The van der Waals surface area contributed by atoms with Gasteiger partial charge in [-0.25, -0.2) is 0 Å². The maximum absolute atomic E-state index is 6.01. The quantitative estimate of drug-likeness (QED) is 0.754. The highest BCUT2D eigenvalue weighted by molar-refractivity contribution is 9.10. The van der Waals surface area contributed by atoms with Crippen LogP contribution in [0.2, 0.25) is 0 Å². The fraction of sp³-hybridized carbons (Fsp3) is 0.600. The lowest BCUT2D eigenvalue weighted by atomic mass is 9.98. The van der Waals surface area contributed by atoms with Crippen LogP contribution < -0.4 is 5.73 Å². The average Bonchev–Trinajstić information content (AvgIpc) is 2.87. The van der Waals surface area contributed by atoms with Gasteiger partial charge in [-0.15, -0.1) is 0 Å². The summed E-state index contributed by atoms with van der Waals surface area (Å²) in [6.07, 6.45) is 3.65. The topological polar surface area (TPSA) is 26.0 Å². The van der Waals surface area contributed by atoms with Crippen LogP contribution in [0.1, 0.15) is 51.7 Å². The third kappa shape index (κ3) is 2.43. The Kier molecular flexibility index (Phi) is 5.21. The van der Waals surface area contributed by atoms with Gasteiger partial charge in [0.25, 0.3) is 0 Å². The standard InChI is InChI=1S/C11H12BrN.2C2H6/c12-9-3-1-2-8-7(9)4-5-11(8)6-10(11)13;2*1-2/h1-3,10H,4-6,13H2;2*1-2H3. The molecule has 1 fully saturated rings. The zero-order chi connectivity index (χ0) is 13.1. The third-order valence-corrected chi connectivity index (χ3v) is 4.35. The van der Waals surface area contributed by atoms with Crippen molar-refractivity contribution in [3.63, 3.8) is 0 Å². The number of rotatable bonds is 0. The summed E-state index contributed by atoms with van der Waals surface area (Å²) in [6.45, 7) is 8.00. The first-order valence-corrected chi connectivity index (χ1v) is 7.57. The van der Waals surface area contributed by atoms with Gasteiger partial charge in [0.05, 0.1) is 0 Å². The molecule has 1 aromatic rings. The predicted molar refractivity (Wildman–Crippen MR) is 79.4 cm³/mol. The molecule has 2 N–H and O–H groups in total. The largest absolute Gasteiger partial charge is 0.327 e. The van der Waals surface area contributed by atoms with Crippen molar-refractivity contribution in [1.82, 2.24) is 0 Å². The Morgan fingerprint density at radius 1 is 1.24 bits per heavy atom. The Labute approximate surface area is 114 Å². The molecule has 0 aromatic heterocycles. The number of benzene rings is 1. The molecule has 2 unspecified atom stereocenters. The van der Waals surface area contributed by atoms with Crippen molar-refractivity contribution in [2.45, 2.75) is 58.4 Å². The van der Waals surface area contributed by atoms with E-state index in [-0.39, 0.29) is 0 Å². The molecule has 0 amide bonds. The lowest BCUT2D eigenvalue weighted by molar-refractivity contribution is 0.651. The van der Waals surface area contributed by atoms with Crippen molar-refractivity contribution in [2.75, 3.05) is 0 Å². The van der Waals surface area contributed by atoms with Crippen LogP contribution in [0.3, 0.4) is 0 Å². The average molecular weight is 298 g/mol. The van der Waals surface area contributed by atoms with Gasteiger partial charge in [-0.05, 0) is 36.5 Å². The Hall–Kier alpha value is -0.340. The predicted octanol–water partition coefficient (Wildman–Crippen LogP) is 4.42. The lowest BCUT2D eigenvalue weighted by Gasteiger charge is -2.09. The Balaban J connectivity index is 0.000000330. The minimum absolute atomic E-state index is 0.374. The first-order valence-electron chi connectivity index (χ1n) is 6.77. The summed E-state index contributed by atoms with van der Waals surface area (Å²) in [5.74, 6) is 0. The Bertz CT molecular complexity index is 375. The zero-order valence-corrected chi connectivity index (χ0v) is 13.0. The normalized spacial score (nSPS) is 27.5. The van der Waals surface area contributed by atoms with Gasteiger partial charge < -0.3 is 5.73 Å². The molecule has 1 saturated carbocycles. The number of hydrogen-bond acceptors (Lipinski definition) is 1. The Morgan fingerprint density at radius 2 is 1.82 bits per heavy atom. The van der Waals surface area contributed by atoms with Crippen LogP contribution in [0, 0.1) is 0 Å². The minimum Gasteiger partial charge on any atom is -0.327 e. The van der Waals surface area contributed by atoms with E-state index in [1.807, 2.05) is 27.7 Å². The van der Waals surface area contributed by atoms with E-state index in [1.165, 1.54) is 34.9 Å². The molecule has 1 spiro atoms. The van der Waals surface area contributed by atoms with Crippen molar-refractivity contribution < 1.29 is 0 Å². The van der Waals surface area contributed by atoms with Crippen LogP contribution in [0.4, 0.5) is 0 Å². The van der Waals surface area contributed by atoms with Crippen molar-refractivity contribution in [2.24, 2.45) is 5.73 Å². The SMILES string of the molecule is CC.CC.NC1CC12CCc1c(Br)cccc12. The molecule has 0 bridgehead atoms. The van der Waals surface area contributed by atoms with E-state index in [4.69, 9.17) is 5.73 Å². The molecular weight excluding hydrogens is 274 g/mol. The molecule has 3 rings (SSSR count). The first-order chi connectivity index (χ1) is 8.24. The summed E-state index contributed by atoms with van der Waals surface area (Å²) in [6, 6.07) is 6.93. The van der Waals surface area contributed by atoms with E-state index in [0.717, 1.165) is 0 Å². The van der Waals surface area contributed by atoms with Crippen LogP contribution >= 0.6 is 15.9 Å². The monoisotopic (exact) mass is 297 g/mol. The number of fused-ring (bicyclic) bond motifs is 2. The molecule has 0 heterocycles. The maximum Gasteiger partial charge on any atom is 0.0210 e. The maximum atomic E-state index is 6.01. The highest BCUT2D eigenvalue weighted by atomic mass is 79.9. The molecule has 2 heteroatoms. The van der Waals surface area contributed by atoms with Gasteiger partial charge in [0.1, 0.15) is 0 Å². The van der Waals surface area contributed by atoms with Gasteiger partial charge in [-0.1, -0.05) is 55.8 Å². The van der Waals surface area contributed by atoms with Gasteiger partial charge in [0.15, 0.2) is 0 Å². The van der Waals surface area contributed by atoms with E-state index in [1.54, 1.807) is 0 Å². The van der Waals surface area contributed by atoms with E-state index in [0.29, 0.717) is 11.5 Å². The summed E-state index contributed by atoms with van der Waals surface area (Å²) < 4.78 is 1.26. The van der Waals surface area contributed by atoms with Crippen LogP contribution in [-0.4, -0.2) is 6.04 Å². The smallest absolute Gasteiger partial charge is 0.0210 e. The molecule has 2 aliphatic rings. The van der Waals surface area contributed by atoms with Crippen LogP contribution in [0.15, 0.2) is 22.7 Å². The van der Waals surface area contributed by atoms with Crippen molar-refractivity contribution in [3.05, 3.63) is 33.8 Å². The Morgan fingerprint density at radius 3 is 2.35 bits per heavy atom. The number of hydrogen-bond donors (Lipinski definition) is 1. The highest BCUT2D eigenvalue weighted by Gasteiger charge is 2.56. The van der Waals surface area contributed by atoms with Crippen molar-refractivity contribution >= 4 is 15.9 Å². The second kappa shape index (κ2) is 6.01. The van der Waals surface area contributed by atoms with Crippen LogP contribution in [0.25, 0.3) is 0 Å². The molecular formula is C15H24BrN. The molecule has 0 saturated heterocycles. The lowest BCUT2D eigenvalue weighted by Crippen LogP contribution is -2.14. The fourth-order valence-corrected chi connectivity index (χ4v) is 3.26. The summed E-state index contributed by atoms with van der Waals surface area (Å²) >= 11 is 3.61. The molecule has 2 atom stereocenters. The fourth-order valence-electron chi connectivity index (χ4n) is 2.69. The summed E-state index contributed by atoms with van der Waals surface area (Å²) in [5, 5.41) is 0. The summed E-state index contributed by atoms with van der Waals surface area (Å²) in [5.41, 5.74) is 9.39. The third-order valence-electron chi connectivity index (χ3n) is 3.61. The second-order valence-electron chi connectivity index (χ2n) is 4.23. The van der Waals surface area contributed by atoms with Gasteiger partial charge >= 0.3 is 0 Å². The highest BCUT2D eigenvalue weighted by Crippen LogP contribution is 2.56. The van der Waals surface area contributed by atoms with E-state index in [2.05, 4.69) is 34.1 Å². The minimum atomic E-state index is 0.374. The van der Waals surface area contributed by atoms with Gasteiger partial charge in [-0.2, -0.15) is 0 Å². The van der Waals surface area contributed by atoms with E-state index < -0.39 is 0 Å². The molecule has 1 nitrogen and oxygen atoms in total. The summed E-state index contributed by atoms with van der Waals surface area (Å²) in [7, 11) is 0. The van der Waals surface area contributed by atoms with Crippen LogP contribution in [0.5, 0.6) is 0 Å². The summed E-state index contributed by atoms with van der Waals surface area (Å²) in [4.78, 5) is 0. The van der Waals surface area contributed by atoms with E-state index in [9.17, 15) is 0 Å². The second-order valence-corrected chi connectivity index (χ2v) is 5.09. The van der Waals surface area contributed by atoms with Crippen LogP contribution in [-0.2, 0) is 11.8 Å². The molecule has 17 heavy (non-hydrogen) atoms. The zero-order valence-electron chi connectivity index (χ0n) is 11.4. The number of nitrogens with two attached hydrogens (primary N) is 1. The number of halogens is 1. The van der Waals surface area contributed by atoms with Gasteiger partial charge in [0.2, 0.25) is 0 Å². The van der Waals surface area contributed by atoms with Gasteiger partial charge in [-0.3, -0.25) is 0 Å². The molecule has 0 radical (unpaired) electrons. The molecule has 96 valence electrons. The molecule has 2 aliphatic carbocycles. The first kappa shape index (κ1) is 14.7.